The van der Waals surface area contributed by atoms with Crippen molar-refractivity contribution >= 4 is 27.9 Å². The van der Waals surface area contributed by atoms with Gasteiger partial charge in [-0.3, -0.25) is 24.2 Å². The average molecular weight is 300 g/mol. The summed E-state index contributed by atoms with van der Waals surface area (Å²) in [7, 11) is -3.59. The van der Waals surface area contributed by atoms with Gasteiger partial charge in [-0.05, 0) is 0 Å². The predicted octanol–water partition coefficient (Wildman–Crippen LogP) is -2.75. The average Bonchev–Trinajstić information content (AvgIpc) is 2.30. The maximum absolute atomic E-state index is 11.6. The van der Waals surface area contributed by atoms with Gasteiger partial charge in [0, 0.05) is 7.05 Å². The normalized spacial score (nSPS) is 14.3. The summed E-state index contributed by atoms with van der Waals surface area (Å²) in [5, 5.41) is 20.6. The molecule has 0 bridgehead atoms. The van der Waals surface area contributed by atoms with E-state index in [-0.39, 0.29) is 0 Å². The van der Waals surface area contributed by atoms with Crippen LogP contribution in [0.4, 0.5) is 0 Å². The van der Waals surface area contributed by atoms with E-state index >= 15 is 0 Å². The van der Waals surface area contributed by atoms with E-state index in [2.05, 4.69) is 4.89 Å². The SMILES string of the molecule is CNC(=O)C(COO)(C(=O)O)C(=O)NCS(=O)(=O)O. The van der Waals surface area contributed by atoms with Crippen LogP contribution in [-0.4, -0.2) is 60.6 Å². The highest BCUT2D eigenvalue weighted by Crippen LogP contribution is 2.19. The van der Waals surface area contributed by atoms with Crippen LogP contribution < -0.4 is 10.6 Å². The molecular formula is C7H12N2O9S. The number of carboxylic acid groups (broad SMARTS) is 1. The number of carbonyl (C=O) groups is 3. The molecule has 0 rings (SSSR count). The molecule has 0 spiro atoms. The summed E-state index contributed by atoms with van der Waals surface area (Å²) in [5.74, 6) is -6.20. The molecule has 0 radical (unpaired) electrons. The molecule has 110 valence electrons. The van der Waals surface area contributed by atoms with Crippen LogP contribution >= 0.6 is 0 Å². The van der Waals surface area contributed by atoms with E-state index in [4.69, 9.17) is 14.9 Å². The van der Waals surface area contributed by atoms with E-state index in [1.54, 1.807) is 0 Å². The van der Waals surface area contributed by atoms with Crippen LogP contribution in [0.15, 0.2) is 0 Å². The summed E-state index contributed by atoms with van der Waals surface area (Å²) in [5.41, 5.74) is -2.89. The third-order valence-electron chi connectivity index (χ3n) is 2.06. The van der Waals surface area contributed by atoms with Crippen molar-refractivity contribution in [1.82, 2.24) is 10.6 Å². The van der Waals surface area contributed by atoms with Crippen molar-refractivity contribution in [2.45, 2.75) is 0 Å². The third-order valence-corrected chi connectivity index (χ3v) is 2.57. The molecule has 0 aliphatic rings. The smallest absolute Gasteiger partial charge is 0.331 e. The van der Waals surface area contributed by atoms with Crippen LogP contribution in [0.1, 0.15) is 0 Å². The van der Waals surface area contributed by atoms with E-state index in [0.717, 1.165) is 7.05 Å². The fourth-order valence-electron chi connectivity index (χ4n) is 1.11. The van der Waals surface area contributed by atoms with Crippen LogP contribution in [0.2, 0.25) is 0 Å². The van der Waals surface area contributed by atoms with Crippen molar-refractivity contribution < 1.29 is 42.6 Å². The van der Waals surface area contributed by atoms with Crippen LogP contribution in [0.3, 0.4) is 0 Å². The van der Waals surface area contributed by atoms with Crippen molar-refractivity contribution in [3.05, 3.63) is 0 Å². The van der Waals surface area contributed by atoms with E-state index in [1.807, 2.05) is 5.32 Å². The quantitative estimate of drug-likeness (QED) is 0.144. The first-order valence-corrected chi connectivity index (χ1v) is 6.18. The molecular weight excluding hydrogens is 288 g/mol. The zero-order valence-corrected chi connectivity index (χ0v) is 10.4. The minimum absolute atomic E-state index is 1.02. The summed E-state index contributed by atoms with van der Waals surface area (Å²) in [6.07, 6.45) is 0. The highest BCUT2D eigenvalue weighted by molar-refractivity contribution is 7.85. The summed E-state index contributed by atoms with van der Waals surface area (Å²) >= 11 is 0. The van der Waals surface area contributed by atoms with Gasteiger partial charge in [0.05, 0.1) is 0 Å². The van der Waals surface area contributed by atoms with Crippen LogP contribution in [0, 0.1) is 5.41 Å². The second kappa shape index (κ2) is 6.42. The lowest BCUT2D eigenvalue weighted by molar-refractivity contribution is -0.258. The number of amides is 2. The lowest BCUT2D eigenvalue weighted by Gasteiger charge is -2.24. The Morgan fingerprint density at radius 1 is 1.26 bits per heavy atom. The molecule has 19 heavy (non-hydrogen) atoms. The standard InChI is InChI=1S/C7H12N2O9S/c1-8-4(10)7(2-18-14,6(12)13)5(11)9-3-19(15,16)17/h14H,2-3H2,1H3,(H,8,10)(H,9,11)(H,12,13)(H,15,16,17). The Morgan fingerprint density at radius 2 is 1.79 bits per heavy atom. The molecule has 0 fully saturated rings. The molecule has 0 saturated carbocycles. The van der Waals surface area contributed by atoms with E-state index in [1.165, 1.54) is 5.32 Å². The Balaban J connectivity index is 5.39. The molecule has 0 aliphatic carbocycles. The van der Waals surface area contributed by atoms with Gasteiger partial charge < -0.3 is 15.7 Å². The van der Waals surface area contributed by atoms with E-state index in [0.29, 0.717) is 0 Å². The Morgan fingerprint density at radius 3 is 2.11 bits per heavy atom. The minimum Gasteiger partial charge on any atom is -0.480 e. The van der Waals surface area contributed by atoms with Gasteiger partial charge in [-0.15, -0.1) is 0 Å². The van der Waals surface area contributed by atoms with Gasteiger partial charge in [-0.1, -0.05) is 0 Å². The molecule has 1 atom stereocenters. The molecule has 0 heterocycles. The third kappa shape index (κ3) is 4.13. The number of nitrogens with one attached hydrogen (secondary N) is 2. The first kappa shape index (κ1) is 17.2. The fourth-order valence-corrected chi connectivity index (χ4v) is 1.42. The summed E-state index contributed by atoms with van der Waals surface area (Å²) in [4.78, 5) is 37.7. The molecule has 5 N–H and O–H groups in total. The maximum atomic E-state index is 11.6. The van der Waals surface area contributed by atoms with Gasteiger partial charge in [-0.2, -0.15) is 8.42 Å². The zero-order chi connectivity index (χ0) is 15.3. The van der Waals surface area contributed by atoms with Crippen molar-refractivity contribution in [3.8, 4) is 0 Å². The fraction of sp³-hybridized carbons (Fsp3) is 0.571. The zero-order valence-electron chi connectivity index (χ0n) is 9.61. The molecule has 0 aliphatic heterocycles. The Labute approximate surface area is 107 Å². The molecule has 0 aromatic heterocycles. The van der Waals surface area contributed by atoms with Crippen molar-refractivity contribution in [1.29, 1.82) is 0 Å². The Kier molecular flexibility index (Phi) is 5.82. The van der Waals surface area contributed by atoms with Gasteiger partial charge in [0.25, 0.3) is 16.0 Å². The van der Waals surface area contributed by atoms with E-state index in [9.17, 15) is 22.8 Å². The Hall–Kier alpha value is -1.76. The highest BCUT2D eigenvalue weighted by atomic mass is 32.2. The van der Waals surface area contributed by atoms with Crippen molar-refractivity contribution in [2.24, 2.45) is 5.41 Å². The highest BCUT2D eigenvalue weighted by Gasteiger charge is 2.54. The number of rotatable bonds is 7. The topological polar surface area (TPSA) is 179 Å². The molecule has 12 heteroatoms. The summed E-state index contributed by atoms with van der Waals surface area (Å²) in [6, 6.07) is 0. The second-order valence-corrected chi connectivity index (χ2v) is 4.75. The molecule has 0 aromatic rings. The van der Waals surface area contributed by atoms with Crippen molar-refractivity contribution in [3.63, 3.8) is 0 Å². The Bertz CT molecular complexity index is 473. The maximum Gasteiger partial charge on any atom is 0.331 e. The van der Waals surface area contributed by atoms with Gasteiger partial charge in [0.15, 0.2) is 0 Å². The minimum atomic E-state index is -4.61. The lowest BCUT2D eigenvalue weighted by Crippen LogP contribution is -2.58. The van der Waals surface area contributed by atoms with E-state index < -0.39 is 45.8 Å². The van der Waals surface area contributed by atoms with Crippen LogP contribution in [0.25, 0.3) is 0 Å². The first-order chi connectivity index (χ1) is 8.61. The van der Waals surface area contributed by atoms with Gasteiger partial charge in [0.2, 0.25) is 11.3 Å². The monoisotopic (exact) mass is 300 g/mol. The summed E-state index contributed by atoms with van der Waals surface area (Å²) in [6.45, 7) is -1.25. The molecule has 0 saturated heterocycles. The second-order valence-electron chi connectivity index (χ2n) is 3.30. The number of hydrogen-bond donors (Lipinski definition) is 5. The van der Waals surface area contributed by atoms with Crippen molar-refractivity contribution in [2.75, 3.05) is 19.5 Å². The van der Waals surface area contributed by atoms with Gasteiger partial charge >= 0.3 is 5.97 Å². The van der Waals surface area contributed by atoms with Gasteiger partial charge in [-0.25, -0.2) is 4.89 Å². The number of hydrogen-bond acceptors (Lipinski definition) is 7. The predicted molar refractivity (Wildman–Crippen MR) is 57.3 cm³/mol. The molecule has 0 aromatic carbocycles. The number of aliphatic carboxylic acids is 1. The van der Waals surface area contributed by atoms with Gasteiger partial charge in [0.1, 0.15) is 12.5 Å². The molecule has 11 nitrogen and oxygen atoms in total. The molecule has 1 unspecified atom stereocenters. The number of carbonyl (C=O) groups excluding carboxylic acids is 2. The largest absolute Gasteiger partial charge is 0.480 e. The number of carboxylic acids is 1. The molecule has 2 amide bonds. The lowest BCUT2D eigenvalue weighted by atomic mass is 9.87. The summed E-state index contributed by atoms with van der Waals surface area (Å²) < 4.78 is 29.3. The van der Waals surface area contributed by atoms with Crippen LogP contribution in [0.5, 0.6) is 0 Å². The van der Waals surface area contributed by atoms with Crippen LogP contribution in [-0.2, 0) is 29.4 Å². The first-order valence-electron chi connectivity index (χ1n) is 4.57.